The number of hydrogen-bond donors (Lipinski definition) is 2. The molecule has 0 unspecified atom stereocenters. The molecule has 0 spiro atoms. The summed E-state index contributed by atoms with van der Waals surface area (Å²) in [4.78, 5) is 4.24. The van der Waals surface area contributed by atoms with Crippen molar-refractivity contribution in [2.24, 2.45) is 0 Å². The molecule has 2 rings (SSSR count). The lowest BCUT2D eigenvalue weighted by Gasteiger charge is -2.13. The van der Waals surface area contributed by atoms with Crippen molar-refractivity contribution in [1.82, 2.24) is 10.3 Å². The molecule has 0 aliphatic carbocycles. The molecule has 1 heterocycles. The summed E-state index contributed by atoms with van der Waals surface area (Å²) in [5, 5.41) is 13.6. The minimum atomic E-state index is 0.0793. The largest absolute Gasteiger partial charge is 0.508 e. The monoisotopic (exact) mass is 306 g/mol. The van der Waals surface area contributed by atoms with Gasteiger partial charge in [-0.25, -0.2) is 4.98 Å². The molecule has 0 saturated carbocycles. The number of rotatable bonds is 6. The molecule has 0 aliphatic heterocycles. The van der Waals surface area contributed by atoms with Crippen LogP contribution in [-0.2, 0) is 13.1 Å². The predicted molar refractivity (Wildman–Crippen MR) is 83.7 cm³/mol. The minimum Gasteiger partial charge on any atom is -0.508 e. The van der Waals surface area contributed by atoms with Gasteiger partial charge in [0, 0.05) is 35.4 Å². The zero-order valence-electron chi connectivity index (χ0n) is 12.1. The van der Waals surface area contributed by atoms with Crippen LogP contribution in [0.15, 0.2) is 36.5 Å². The van der Waals surface area contributed by atoms with Crippen LogP contribution in [0.5, 0.6) is 11.6 Å². The quantitative estimate of drug-likeness (QED) is 0.857. The topological polar surface area (TPSA) is 54.4 Å². The number of aromatic nitrogens is 1. The smallest absolute Gasteiger partial charge is 0.218 e. The molecule has 0 bridgehead atoms. The zero-order chi connectivity index (χ0) is 15.2. The Morgan fingerprint density at radius 1 is 1.24 bits per heavy atom. The summed E-state index contributed by atoms with van der Waals surface area (Å²) in [6.45, 7) is 5.05. The summed E-state index contributed by atoms with van der Waals surface area (Å²) >= 11 is 5.93. The summed E-state index contributed by atoms with van der Waals surface area (Å²) < 4.78 is 5.67. The Bertz CT molecular complexity index is 603. The normalized spacial score (nSPS) is 10.9. The van der Waals surface area contributed by atoms with Gasteiger partial charge in [0.15, 0.2) is 0 Å². The van der Waals surface area contributed by atoms with Gasteiger partial charge in [-0.1, -0.05) is 17.7 Å². The molecule has 0 aliphatic rings. The Labute approximate surface area is 129 Å². The SMILES string of the molecule is CC(C)Oc1ncccc1CNCc1cc(Cl)ccc1O. The van der Waals surface area contributed by atoms with Crippen LogP contribution in [0.25, 0.3) is 0 Å². The number of nitrogens with one attached hydrogen (secondary N) is 1. The lowest BCUT2D eigenvalue weighted by molar-refractivity contribution is 0.229. The van der Waals surface area contributed by atoms with Crippen LogP contribution >= 0.6 is 11.6 Å². The third-order valence-electron chi connectivity index (χ3n) is 2.87. The van der Waals surface area contributed by atoms with E-state index in [0.29, 0.717) is 24.0 Å². The van der Waals surface area contributed by atoms with E-state index in [1.807, 2.05) is 26.0 Å². The lowest BCUT2D eigenvalue weighted by Crippen LogP contribution is -2.15. The van der Waals surface area contributed by atoms with Gasteiger partial charge in [0.05, 0.1) is 6.10 Å². The van der Waals surface area contributed by atoms with E-state index in [1.54, 1.807) is 24.4 Å². The molecule has 0 radical (unpaired) electrons. The molecule has 4 nitrogen and oxygen atoms in total. The third-order valence-corrected chi connectivity index (χ3v) is 3.10. The summed E-state index contributed by atoms with van der Waals surface area (Å²) in [5.74, 6) is 0.868. The fourth-order valence-electron chi connectivity index (χ4n) is 1.92. The molecule has 2 N–H and O–H groups in total. The zero-order valence-corrected chi connectivity index (χ0v) is 12.9. The molecule has 1 aromatic heterocycles. The van der Waals surface area contributed by atoms with Crippen molar-refractivity contribution in [2.75, 3.05) is 0 Å². The molecular weight excluding hydrogens is 288 g/mol. The van der Waals surface area contributed by atoms with Gasteiger partial charge in [0.25, 0.3) is 0 Å². The molecule has 5 heteroatoms. The maximum Gasteiger partial charge on any atom is 0.218 e. The first-order chi connectivity index (χ1) is 10.1. The van der Waals surface area contributed by atoms with Gasteiger partial charge >= 0.3 is 0 Å². The van der Waals surface area contributed by atoms with Crippen molar-refractivity contribution in [3.63, 3.8) is 0 Å². The first kappa shape index (κ1) is 15.6. The van der Waals surface area contributed by atoms with E-state index in [4.69, 9.17) is 16.3 Å². The van der Waals surface area contributed by atoms with Crippen LogP contribution < -0.4 is 10.1 Å². The van der Waals surface area contributed by atoms with Crippen molar-refractivity contribution in [1.29, 1.82) is 0 Å². The van der Waals surface area contributed by atoms with Crippen molar-refractivity contribution >= 4 is 11.6 Å². The van der Waals surface area contributed by atoms with Gasteiger partial charge in [-0.15, -0.1) is 0 Å². The maximum atomic E-state index is 9.77. The van der Waals surface area contributed by atoms with Gasteiger partial charge in [0.1, 0.15) is 5.75 Å². The van der Waals surface area contributed by atoms with E-state index in [-0.39, 0.29) is 11.9 Å². The highest BCUT2D eigenvalue weighted by Gasteiger charge is 2.07. The van der Waals surface area contributed by atoms with Gasteiger partial charge in [-0.2, -0.15) is 0 Å². The summed E-state index contributed by atoms with van der Waals surface area (Å²) in [7, 11) is 0. The number of benzene rings is 1. The van der Waals surface area contributed by atoms with Crippen LogP contribution in [0.4, 0.5) is 0 Å². The average Bonchev–Trinajstić information content (AvgIpc) is 2.44. The first-order valence-electron chi connectivity index (χ1n) is 6.85. The highest BCUT2D eigenvalue weighted by molar-refractivity contribution is 6.30. The summed E-state index contributed by atoms with van der Waals surface area (Å²) in [6.07, 6.45) is 1.79. The van der Waals surface area contributed by atoms with E-state index in [1.165, 1.54) is 0 Å². The fourth-order valence-corrected chi connectivity index (χ4v) is 2.11. The highest BCUT2D eigenvalue weighted by Crippen LogP contribution is 2.21. The van der Waals surface area contributed by atoms with E-state index >= 15 is 0 Å². The second-order valence-corrected chi connectivity index (χ2v) is 5.45. The number of ether oxygens (including phenoxy) is 1. The van der Waals surface area contributed by atoms with Crippen LogP contribution in [-0.4, -0.2) is 16.2 Å². The van der Waals surface area contributed by atoms with Crippen molar-refractivity contribution in [3.05, 3.63) is 52.7 Å². The Balaban J connectivity index is 1.99. The number of nitrogens with zero attached hydrogens (tertiary/aromatic N) is 1. The van der Waals surface area contributed by atoms with Gasteiger partial charge in [-0.3, -0.25) is 0 Å². The Kier molecular flexibility index (Phi) is 5.42. The number of halogens is 1. The number of phenols is 1. The van der Waals surface area contributed by atoms with Crippen LogP contribution in [0, 0.1) is 0 Å². The van der Waals surface area contributed by atoms with E-state index in [0.717, 1.165) is 11.1 Å². The Morgan fingerprint density at radius 2 is 2.00 bits per heavy atom. The van der Waals surface area contributed by atoms with Crippen molar-refractivity contribution in [3.8, 4) is 11.6 Å². The van der Waals surface area contributed by atoms with E-state index in [9.17, 15) is 5.11 Å². The molecule has 0 atom stereocenters. The minimum absolute atomic E-state index is 0.0793. The molecule has 21 heavy (non-hydrogen) atoms. The van der Waals surface area contributed by atoms with E-state index < -0.39 is 0 Å². The molecule has 0 saturated heterocycles. The second-order valence-electron chi connectivity index (χ2n) is 5.01. The number of hydrogen-bond acceptors (Lipinski definition) is 4. The van der Waals surface area contributed by atoms with Crippen molar-refractivity contribution < 1.29 is 9.84 Å². The standard InChI is InChI=1S/C16H19ClN2O2/c1-11(2)21-16-12(4-3-7-19-16)9-18-10-13-8-14(17)5-6-15(13)20/h3-8,11,18,20H,9-10H2,1-2H3. The molecule has 112 valence electrons. The van der Waals surface area contributed by atoms with Gasteiger partial charge < -0.3 is 15.2 Å². The van der Waals surface area contributed by atoms with Crippen LogP contribution in [0.1, 0.15) is 25.0 Å². The fraction of sp³-hybridized carbons (Fsp3) is 0.312. The number of aromatic hydroxyl groups is 1. The molecule has 0 amide bonds. The van der Waals surface area contributed by atoms with E-state index in [2.05, 4.69) is 10.3 Å². The van der Waals surface area contributed by atoms with Gasteiger partial charge in [0.2, 0.25) is 5.88 Å². The third kappa shape index (κ3) is 4.62. The predicted octanol–water partition coefficient (Wildman–Crippen LogP) is 3.52. The Hall–Kier alpha value is -1.78. The first-order valence-corrected chi connectivity index (χ1v) is 7.22. The molecule has 0 fully saturated rings. The summed E-state index contributed by atoms with van der Waals surface area (Å²) in [5.41, 5.74) is 1.74. The van der Waals surface area contributed by atoms with Crippen molar-refractivity contribution in [2.45, 2.75) is 33.0 Å². The van der Waals surface area contributed by atoms with Crippen LogP contribution in [0.2, 0.25) is 5.02 Å². The number of pyridine rings is 1. The Morgan fingerprint density at radius 3 is 2.76 bits per heavy atom. The highest BCUT2D eigenvalue weighted by atomic mass is 35.5. The molecule has 1 aromatic carbocycles. The van der Waals surface area contributed by atoms with Gasteiger partial charge in [-0.05, 0) is 38.1 Å². The van der Waals surface area contributed by atoms with Crippen LogP contribution in [0.3, 0.4) is 0 Å². The molecular formula is C16H19ClN2O2. The maximum absolute atomic E-state index is 9.77. The second kappa shape index (κ2) is 7.29. The average molecular weight is 307 g/mol. The number of phenolic OH excluding ortho intramolecular Hbond substituents is 1. The summed E-state index contributed by atoms with van der Waals surface area (Å²) in [6, 6.07) is 8.85. The molecule has 2 aromatic rings. The lowest BCUT2D eigenvalue weighted by atomic mass is 10.2.